The Morgan fingerprint density at radius 1 is 1.25 bits per heavy atom. The average molecular weight is 382 g/mol. The van der Waals surface area contributed by atoms with E-state index in [4.69, 9.17) is 10.7 Å². The predicted molar refractivity (Wildman–Crippen MR) is 90.5 cm³/mol. The van der Waals surface area contributed by atoms with Gasteiger partial charge in [-0.1, -0.05) is 27.7 Å². The zero-order valence-electron chi connectivity index (χ0n) is 12.2. The molecule has 2 aromatic heterocycles. The Labute approximate surface area is 133 Å². The number of anilines is 1. The second-order valence-corrected chi connectivity index (χ2v) is 6.81. The maximum Gasteiger partial charge on any atom is 0.162 e. The number of aromatic nitrogens is 3. The quantitative estimate of drug-likeness (QED) is 0.807. The molecule has 0 saturated carbocycles. The molecular weight excluding hydrogens is 363 g/mol. The zero-order valence-corrected chi connectivity index (χ0v) is 14.4. The van der Waals surface area contributed by atoms with Crippen molar-refractivity contribution in [2.75, 3.05) is 5.73 Å². The van der Waals surface area contributed by atoms with E-state index < -0.39 is 0 Å². The van der Waals surface area contributed by atoms with E-state index in [1.165, 1.54) is 0 Å². The molecule has 0 unspecified atom stereocenters. The SMILES string of the molecule is CCc1cnccc1-c1nc(N)c(I)c(C(C)(C)C)n1. The fourth-order valence-corrected chi connectivity index (χ4v) is 3.06. The van der Waals surface area contributed by atoms with Crippen LogP contribution in [0.4, 0.5) is 5.82 Å². The third-order valence-corrected chi connectivity index (χ3v) is 4.18. The first-order valence-corrected chi connectivity index (χ1v) is 7.69. The molecule has 0 saturated heterocycles. The molecule has 2 aromatic rings. The van der Waals surface area contributed by atoms with Gasteiger partial charge in [-0.15, -0.1) is 0 Å². The van der Waals surface area contributed by atoms with Gasteiger partial charge < -0.3 is 5.73 Å². The van der Waals surface area contributed by atoms with E-state index in [9.17, 15) is 0 Å². The molecular formula is C15H19IN4. The minimum Gasteiger partial charge on any atom is -0.383 e. The van der Waals surface area contributed by atoms with Crippen molar-refractivity contribution in [1.29, 1.82) is 0 Å². The summed E-state index contributed by atoms with van der Waals surface area (Å²) in [5.74, 6) is 1.23. The first-order chi connectivity index (χ1) is 9.34. The van der Waals surface area contributed by atoms with Crippen LogP contribution in [-0.2, 0) is 11.8 Å². The Morgan fingerprint density at radius 3 is 2.55 bits per heavy atom. The molecule has 0 amide bonds. The largest absolute Gasteiger partial charge is 0.383 e. The number of nitrogens with zero attached hydrogens (tertiary/aromatic N) is 3. The van der Waals surface area contributed by atoms with Crippen LogP contribution in [0.25, 0.3) is 11.4 Å². The molecule has 0 aromatic carbocycles. The first-order valence-electron chi connectivity index (χ1n) is 6.61. The van der Waals surface area contributed by atoms with E-state index in [1.807, 2.05) is 12.3 Å². The molecule has 0 spiro atoms. The summed E-state index contributed by atoms with van der Waals surface area (Å²) in [6.45, 7) is 8.50. The summed E-state index contributed by atoms with van der Waals surface area (Å²) in [7, 11) is 0. The fourth-order valence-electron chi connectivity index (χ4n) is 2.01. The van der Waals surface area contributed by atoms with Gasteiger partial charge in [0.15, 0.2) is 5.82 Å². The summed E-state index contributed by atoms with van der Waals surface area (Å²) in [5.41, 5.74) is 9.13. The number of nitrogen functional groups attached to an aromatic ring is 1. The maximum atomic E-state index is 6.07. The summed E-state index contributed by atoms with van der Waals surface area (Å²) in [6.07, 6.45) is 4.52. The molecule has 20 heavy (non-hydrogen) atoms. The van der Waals surface area contributed by atoms with E-state index in [0.29, 0.717) is 11.6 Å². The predicted octanol–water partition coefficient (Wildman–Crippen LogP) is 3.59. The number of rotatable bonds is 2. The van der Waals surface area contributed by atoms with Crippen molar-refractivity contribution < 1.29 is 0 Å². The summed E-state index contributed by atoms with van der Waals surface area (Å²) in [4.78, 5) is 13.4. The average Bonchev–Trinajstić information content (AvgIpc) is 2.40. The van der Waals surface area contributed by atoms with Crippen LogP contribution in [0.3, 0.4) is 0 Å². The lowest BCUT2D eigenvalue weighted by molar-refractivity contribution is 0.564. The molecule has 0 radical (unpaired) electrons. The lowest BCUT2D eigenvalue weighted by Crippen LogP contribution is -2.18. The van der Waals surface area contributed by atoms with Crippen LogP contribution in [0.5, 0.6) is 0 Å². The van der Waals surface area contributed by atoms with E-state index in [0.717, 1.165) is 26.8 Å². The third-order valence-electron chi connectivity index (χ3n) is 3.11. The second-order valence-electron chi connectivity index (χ2n) is 5.73. The second kappa shape index (κ2) is 5.63. The number of aryl methyl sites for hydroxylation is 1. The van der Waals surface area contributed by atoms with E-state index >= 15 is 0 Å². The lowest BCUT2D eigenvalue weighted by atomic mass is 9.91. The van der Waals surface area contributed by atoms with E-state index in [2.05, 4.69) is 60.3 Å². The van der Waals surface area contributed by atoms with Crippen molar-refractivity contribution in [1.82, 2.24) is 15.0 Å². The number of pyridine rings is 1. The van der Waals surface area contributed by atoms with Gasteiger partial charge in [0, 0.05) is 23.4 Å². The van der Waals surface area contributed by atoms with E-state index in [-0.39, 0.29) is 5.41 Å². The zero-order chi connectivity index (χ0) is 14.9. The Balaban J connectivity index is 2.67. The molecule has 0 atom stereocenters. The van der Waals surface area contributed by atoms with Crippen LogP contribution in [0, 0.1) is 3.57 Å². The van der Waals surface area contributed by atoms with Crippen molar-refractivity contribution in [3.63, 3.8) is 0 Å². The molecule has 106 valence electrons. The van der Waals surface area contributed by atoms with Crippen LogP contribution in [0.2, 0.25) is 0 Å². The molecule has 2 rings (SSSR count). The Morgan fingerprint density at radius 2 is 1.95 bits per heavy atom. The van der Waals surface area contributed by atoms with Crippen molar-refractivity contribution in [3.8, 4) is 11.4 Å². The van der Waals surface area contributed by atoms with Gasteiger partial charge in [-0.25, -0.2) is 9.97 Å². The van der Waals surface area contributed by atoms with Gasteiger partial charge >= 0.3 is 0 Å². The topological polar surface area (TPSA) is 64.7 Å². The molecule has 0 bridgehead atoms. The first kappa shape index (κ1) is 15.2. The minimum absolute atomic E-state index is 0.0677. The van der Waals surface area contributed by atoms with Gasteiger partial charge in [0.2, 0.25) is 0 Å². The molecule has 4 nitrogen and oxygen atoms in total. The van der Waals surface area contributed by atoms with Crippen LogP contribution in [-0.4, -0.2) is 15.0 Å². The van der Waals surface area contributed by atoms with Crippen molar-refractivity contribution in [3.05, 3.63) is 33.3 Å². The third kappa shape index (κ3) is 2.92. The summed E-state index contributed by atoms with van der Waals surface area (Å²) < 4.78 is 0.936. The maximum absolute atomic E-state index is 6.07. The molecule has 2 N–H and O–H groups in total. The van der Waals surface area contributed by atoms with E-state index in [1.54, 1.807) is 6.20 Å². The van der Waals surface area contributed by atoms with Crippen LogP contribution < -0.4 is 5.73 Å². The molecule has 5 heteroatoms. The highest BCUT2D eigenvalue weighted by Crippen LogP contribution is 2.31. The number of hydrogen-bond acceptors (Lipinski definition) is 4. The van der Waals surface area contributed by atoms with Crippen LogP contribution >= 0.6 is 22.6 Å². The van der Waals surface area contributed by atoms with Crippen LogP contribution in [0.15, 0.2) is 18.5 Å². The molecule has 0 aliphatic rings. The van der Waals surface area contributed by atoms with Crippen molar-refractivity contribution in [2.45, 2.75) is 39.5 Å². The normalized spacial score (nSPS) is 11.7. The number of nitrogens with two attached hydrogens (primary N) is 1. The van der Waals surface area contributed by atoms with Gasteiger partial charge in [0.25, 0.3) is 0 Å². The highest BCUT2D eigenvalue weighted by Gasteiger charge is 2.23. The Bertz CT molecular complexity index is 632. The highest BCUT2D eigenvalue weighted by molar-refractivity contribution is 14.1. The highest BCUT2D eigenvalue weighted by atomic mass is 127. The van der Waals surface area contributed by atoms with Gasteiger partial charge in [-0.2, -0.15) is 0 Å². The summed E-state index contributed by atoms with van der Waals surface area (Å²) >= 11 is 2.22. The number of halogens is 1. The fraction of sp³-hybridized carbons (Fsp3) is 0.400. The molecule has 0 aliphatic carbocycles. The minimum atomic E-state index is -0.0677. The van der Waals surface area contributed by atoms with Gasteiger partial charge in [0.1, 0.15) is 5.82 Å². The monoisotopic (exact) mass is 382 g/mol. The number of hydrogen-bond donors (Lipinski definition) is 1. The lowest BCUT2D eigenvalue weighted by Gasteiger charge is -2.21. The van der Waals surface area contributed by atoms with Crippen LogP contribution in [0.1, 0.15) is 39.0 Å². The molecule has 2 heterocycles. The molecule has 0 fully saturated rings. The Hall–Kier alpha value is -1.24. The van der Waals surface area contributed by atoms with Gasteiger partial charge in [-0.05, 0) is 40.6 Å². The summed E-state index contributed by atoms with van der Waals surface area (Å²) in [6, 6.07) is 1.95. The summed E-state index contributed by atoms with van der Waals surface area (Å²) in [5, 5.41) is 0. The Kier molecular flexibility index (Phi) is 4.27. The van der Waals surface area contributed by atoms with Gasteiger partial charge in [-0.3, -0.25) is 4.98 Å². The molecule has 0 aliphatic heterocycles. The van der Waals surface area contributed by atoms with Crippen molar-refractivity contribution >= 4 is 28.4 Å². The standard InChI is InChI=1S/C15H19IN4/c1-5-9-8-18-7-6-10(9)14-19-12(15(2,3)4)11(16)13(17)20-14/h6-8H,5H2,1-4H3,(H2,17,19,20). The van der Waals surface area contributed by atoms with Gasteiger partial charge in [0.05, 0.1) is 9.26 Å². The smallest absolute Gasteiger partial charge is 0.162 e. The van der Waals surface area contributed by atoms with Crippen molar-refractivity contribution in [2.24, 2.45) is 0 Å².